The maximum absolute atomic E-state index is 4.35. The van der Waals surface area contributed by atoms with Gasteiger partial charge in [0, 0.05) is 18.8 Å². The van der Waals surface area contributed by atoms with Gasteiger partial charge >= 0.3 is 0 Å². The maximum atomic E-state index is 4.35. The molecule has 0 saturated heterocycles. The van der Waals surface area contributed by atoms with Crippen LogP contribution in [0.1, 0.15) is 11.1 Å². The molecule has 14 heavy (non-hydrogen) atoms. The first kappa shape index (κ1) is 9.00. The van der Waals surface area contributed by atoms with E-state index in [1.54, 1.807) is 0 Å². The number of rotatable bonds is 1. The molecular formula is C12H14N2. The summed E-state index contributed by atoms with van der Waals surface area (Å²) in [6.45, 7) is 4.27. The molecule has 2 nitrogen and oxygen atoms in total. The Balaban J connectivity index is 2.57. The predicted molar refractivity (Wildman–Crippen MR) is 58.1 cm³/mol. The van der Waals surface area contributed by atoms with Gasteiger partial charge in [0.05, 0.1) is 12.0 Å². The number of imidazole rings is 1. The third kappa shape index (κ3) is 1.43. The largest absolute Gasteiger partial charge is 0.340 e. The number of hydrogen-bond donors (Lipinski definition) is 0. The van der Waals surface area contributed by atoms with Gasteiger partial charge in [0.1, 0.15) is 0 Å². The Bertz CT molecular complexity index is 455. The lowest BCUT2D eigenvalue weighted by Crippen LogP contribution is -1.86. The van der Waals surface area contributed by atoms with Gasteiger partial charge in [-0.1, -0.05) is 18.2 Å². The van der Waals surface area contributed by atoms with Crippen molar-refractivity contribution in [1.29, 1.82) is 0 Å². The van der Waals surface area contributed by atoms with E-state index in [0.717, 1.165) is 5.69 Å². The van der Waals surface area contributed by atoms with Gasteiger partial charge in [0.15, 0.2) is 0 Å². The second kappa shape index (κ2) is 3.29. The Morgan fingerprint density at radius 1 is 1.21 bits per heavy atom. The van der Waals surface area contributed by atoms with Gasteiger partial charge in [-0.25, -0.2) is 4.98 Å². The van der Waals surface area contributed by atoms with Crippen molar-refractivity contribution >= 4 is 0 Å². The lowest BCUT2D eigenvalue weighted by molar-refractivity contribution is 0.913. The Morgan fingerprint density at radius 3 is 2.64 bits per heavy atom. The van der Waals surface area contributed by atoms with Crippen LogP contribution in [0, 0.1) is 13.8 Å². The number of aryl methyl sites for hydroxylation is 2. The topological polar surface area (TPSA) is 17.8 Å². The summed E-state index contributed by atoms with van der Waals surface area (Å²) in [5, 5.41) is 0. The normalized spacial score (nSPS) is 10.5. The van der Waals surface area contributed by atoms with Gasteiger partial charge in [-0.05, 0) is 25.0 Å². The van der Waals surface area contributed by atoms with Crippen LogP contribution in [0.5, 0.6) is 0 Å². The highest BCUT2D eigenvalue weighted by atomic mass is 15.0. The van der Waals surface area contributed by atoms with Crippen LogP contribution in [0.4, 0.5) is 0 Å². The van der Waals surface area contributed by atoms with E-state index >= 15 is 0 Å². The zero-order valence-electron chi connectivity index (χ0n) is 8.78. The molecule has 2 heteroatoms. The summed E-state index contributed by atoms with van der Waals surface area (Å²) >= 11 is 0. The molecule has 1 aromatic heterocycles. The SMILES string of the molecule is Cc1cccc(-c2cn(C)cn2)c1C. The second-order valence-corrected chi connectivity index (χ2v) is 3.67. The lowest BCUT2D eigenvalue weighted by Gasteiger charge is -2.04. The minimum absolute atomic E-state index is 1.05. The summed E-state index contributed by atoms with van der Waals surface area (Å²) < 4.78 is 1.97. The monoisotopic (exact) mass is 186 g/mol. The van der Waals surface area contributed by atoms with Crippen molar-refractivity contribution in [2.24, 2.45) is 7.05 Å². The molecule has 0 fully saturated rings. The summed E-state index contributed by atoms with van der Waals surface area (Å²) in [6, 6.07) is 6.32. The first-order valence-corrected chi connectivity index (χ1v) is 4.73. The Labute approximate surface area is 84.2 Å². The first-order valence-electron chi connectivity index (χ1n) is 4.73. The van der Waals surface area contributed by atoms with E-state index in [9.17, 15) is 0 Å². The van der Waals surface area contributed by atoms with Crippen molar-refractivity contribution < 1.29 is 0 Å². The molecule has 0 unspecified atom stereocenters. The molecule has 0 spiro atoms. The molecule has 0 N–H and O–H groups in total. The fourth-order valence-corrected chi connectivity index (χ4v) is 1.58. The van der Waals surface area contributed by atoms with Gasteiger partial charge in [-0.15, -0.1) is 0 Å². The smallest absolute Gasteiger partial charge is 0.0951 e. The zero-order valence-corrected chi connectivity index (χ0v) is 8.78. The quantitative estimate of drug-likeness (QED) is 0.669. The van der Waals surface area contributed by atoms with Crippen LogP contribution in [0.15, 0.2) is 30.7 Å². The summed E-state index contributed by atoms with van der Waals surface area (Å²) in [7, 11) is 1.99. The predicted octanol–water partition coefficient (Wildman–Crippen LogP) is 2.70. The molecule has 0 amide bonds. The summed E-state index contributed by atoms with van der Waals surface area (Å²) in [4.78, 5) is 4.35. The van der Waals surface area contributed by atoms with Crippen LogP contribution in [0.25, 0.3) is 11.3 Å². The van der Waals surface area contributed by atoms with E-state index in [1.807, 2.05) is 24.1 Å². The second-order valence-electron chi connectivity index (χ2n) is 3.67. The van der Waals surface area contributed by atoms with E-state index in [0.29, 0.717) is 0 Å². The third-order valence-electron chi connectivity index (χ3n) is 2.59. The van der Waals surface area contributed by atoms with Crippen molar-refractivity contribution in [3.63, 3.8) is 0 Å². The van der Waals surface area contributed by atoms with Gasteiger partial charge in [0.25, 0.3) is 0 Å². The molecule has 0 aliphatic heterocycles. The number of nitrogens with zero attached hydrogens (tertiary/aromatic N) is 2. The van der Waals surface area contributed by atoms with Gasteiger partial charge in [-0.3, -0.25) is 0 Å². The van der Waals surface area contributed by atoms with Crippen LogP contribution >= 0.6 is 0 Å². The minimum Gasteiger partial charge on any atom is -0.340 e. The molecule has 2 aromatic rings. The van der Waals surface area contributed by atoms with Crippen LogP contribution in [-0.2, 0) is 7.05 Å². The first-order chi connectivity index (χ1) is 6.68. The summed E-state index contributed by atoms with van der Waals surface area (Å²) in [6.07, 6.45) is 3.87. The average molecular weight is 186 g/mol. The summed E-state index contributed by atoms with van der Waals surface area (Å²) in [5.74, 6) is 0. The molecule has 0 atom stereocenters. The lowest BCUT2D eigenvalue weighted by atomic mass is 10.0. The molecule has 0 radical (unpaired) electrons. The molecular weight excluding hydrogens is 172 g/mol. The standard InChI is InChI=1S/C12H14N2/c1-9-5-4-6-11(10(9)2)12-7-14(3)8-13-12/h4-8H,1-3H3. The Kier molecular flexibility index (Phi) is 2.12. The third-order valence-corrected chi connectivity index (χ3v) is 2.59. The molecule has 0 aliphatic rings. The number of aromatic nitrogens is 2. The van der Waals surface area contributed by atoms with Gasteiger partial charge < -0.3 is 4.57 Å². The molecule has 0 saturated carbocycles. The maximum Gasteiger partial charge on any atom is 0.0951 e. The van der Waals surface area contributed by atoms with Crippen molar-refractivity contribution in [3.05, 3.63) is 41.9 Å². The van der Waals surface area contributed by atoms with E-state index < -0.39 is 0 Å². The van der Waals surface area contributed by atoms with Crippen molar-refractivity contribution in [1.82, 2.24) is 9.55 Å². The number of hydrogen-bond acceptors (Lipinski definition) is 1. The highest BCUT2D eigenvalue weighted by Gasteiger charge is 2.05. The van der Waals surface area contributed by atoms with E-state index in [2.05, 4.69) is 37.0 Å². The van der Waals surface area contributed by atoms with Crippen LogP contribution in [0.3, 0.4) is 0 Å². The average Bonchev–Trinajstić information content (AvgIpc) is 2.57. The molecule has 1 aromatic carbocycles. The van der Waals surface area contributed by atoms with Crippen LogP contribution < -0.4 is 0 Å². The van der Waals surface area contributed by atoms with Crippen molar-refractivity contribution in [3.8, 4) is 11.3 Å². The zero-order chi connectivity index (χ0) is 10.1. The van der Waals surface area contributed by atoms with Gasteiger partial charge in [0.2, 0.25) is 0 Å². The van der Waals surface area contributed by atoms with Gasteiger partial charge in [-0.2, -0.15) is 0 Å². The Hall–Kier alpha value is -1.57. The van der Waals surface area contributed by atoms with Crippen LogP contribution in [0.2, 0.25) is 0 Å². The van der Waals surface area contributed by atoms with Crippen molar-refractivity contribution in [2.45, 2.75) is 13.8 Å². The highest BCUT2D eigenvalue weighted by molar-refractivity contribution is 5.64. The fraction of sp³-hybridized carbons (Fsp3) is 0.250. The fourth-order valence-electron chi connectivity index (χ4n) is 1.58. The minimum atomic E-state index is 1.05. The van der Waals surface area contributed by atoms with E-state index in [1.165, 1.54) is 16.7 Å². The molecule has 2 rings (SSSR count). The van der Waals surface area contributed by atoms with E-state index in [-0.39, 0.29) is 0 Å². The Morgan fingerprint density at radius 2 is 2.00 bits per heavy atom. The highest BCUT2D eigenvalue weighted by Crippen LogP contribution is 2.23. The van der Waals surface area contributed by atoms with Crippen LogP contribution in [-0.4, -0.2) is 9.55 Å². The number of benzene rings is 1. The molecule has 72 valence electrons. The van der Waals surface area contributed by atoms with Crippen molar-refractivity contribution in [2.75, 3.05) is 0 Å². The molecule has 0 aliphatic carbocycles. The van der Waals surface area contributed by atoms with E-state index in [4.69, 9.17) is 0 Å². The molecule has 0 bridgehead atoms. The molecule has 1 heterocycles. The summed E-state index contributed by atoms with van der Waals surface area (Å²) in [5.41, 5.74) is 4.90.